The summed E-state index contributed by atoms with van der Waals surface area (Å²) in [6.07, 6.45) is 0.224. The molecule has 0 radical (unpaired) electrons. The first-order valence-electron chi connectivity index (χ1n) is 7.35. The van der Waals surface area contributed by atoms with Crippen molar-refractivity contribution in [2.24, 2.45) is 12.2 Å². The molecule has 0 atom stereocenters. The first-order chi connectivity index (χ1) is 11.8. The van der Waals surface area contributed by atoms with E-state index in [0.717, 1.165) is 0 Å². The minimum absolute atomic E-state index is 0.0439. The summed E-state index contributed by atoms with van der Waals surface area (Å²) in [6.45, 7) is 1.68. The summed E-state index contributed by atoms with van der Waals surface area (Å²) in [6, 6.07) is 2.90. The van der Waals surface area contributed by atoms with Crippen LogP contribution in [0.1, 0.15) is 27.9 Å². The van der Waals surface area contributed by atoms with Crippen molar-refractivity contribution < 1.29 is 18.0 Å². The standard InChI is InChI=1S/C14H16N6O4S/c1-8-9(13(21)15-14-16-18-19-20(14)2)4-5-11-12(8)10(17-24-3)6-7-25(11,22)23/h4-5H,6-7H2,1-3H3,(H,15,16,19,21)/b17-10-. The molecule has 1 aliphatic rings. The molecule has 1 amide bonds. The fourth-order valence-electron chi connectivity index (χ4n) is 2.72. The van der Waals surface area contributed by atoms with Crippen LogP contribution in [0.2, 0.25) is 0 Å². The number of anilines is 1. The van der Waals surface area contributed by atoms with Gasteiger partial charge in [0.1, 0.15) is 7.11 Å². The van der Waals surface area contributed by atoms with Gasteiger partial charge in [-0.1, -0.05) is 10.3 Å². The van der Waals surface area contributed by atoms with Crippen molar-refractivity contribution in [2.45, 2.75) is 18.2 Å². The molecule has 0 spiro atoms. The van der Waals surface area contributed by atoms with Gasteiger partial charge in [0.15, 0.2) is 9.84 Å². The second kappa shape index (κ2) is 6.24. The molecule has 2 heterocycles. The second-order valence-electron chi connectivity index (χ2n) is 5.48. The minimum Gasteiger partial charge on any atom is -0.399 e. The number of nitrogens with zero attached hydrogens (tertiary/aromatic N) is 5. The summed E-state index contributed by atoms with van der Waals surface area (Å²) in [7, 11) is -0.439. The topological polar surface area (TPSA) is 128 Å². The molecule has 0 bridgehead atoms. The Labute approximate surface area is 143 Å². The lowest BCUT2D eigenvalue weighted by Gasteiger charge is -2.21. The Morgan fingerprint density at radius 3 is 2.80 bits per heavy atom. The van der Waals surface area contributed by atoms with E-state index in [1.165, 1.54) is 23.9 Å². The van der Waals surface area contributed by atoms with Gasteiger partial charge < -0.3 is 4.84 Å². The van der Waals surface area contributed by atoms with E-state index in [2.05, 4.69) is 26.0 Å². The molecule has 0 saturated carbocycles. The van der Waals surface area contributed by atoms with Gasteiger partial charge in [-0.3, -0.25) is 10.1 Å². The zero-order valence-electron chi connectivity index (χ0n) is 13.8. The number of hydrogen-bond donors (Lipinski definition) is 1. The number of carbonyl (C=O) groups is 1. The number of sulfone groups is 1. The average Bonchev–Trinajstić information content (AvgIpc) is 2.95. The fourth-order valence-corrected chi connectivity index (χ4v) is 4.26. The maximum absolute atomic E-state index is 12.6. The van der Waals surface area contributed by atoms with Gasteiger partial charge in [-0.25, -0.2) is 13.1 Å². The van der Waals surface area contributed by atoms with Crippen LogP contribution >= 0.6 is 0 Å². The van der Waals surface area contributed by atoms with Crippen LogP contribution in [0.15, 0.2) is 22.2 Å². The molecule has 132 valence electrons. The van der Waals surface area contributed by atoms with Gasteiger partial charge in [-0.2, -0.15) is 0 Å². The van der Waals surface area contributed by atoms with Crippen LogP contribution in [-0.2, 0) is 21.7 Å². The number of hydrogen-bond acceptors (Lipinski definition) is 8. The van der Waals surface area contributed by atoms with Crippen LogP contribution < -0.4 is 5.32 Å². The van der Waals surface area contributed by atoms with Gasteiger partial charge in [-0.05, 0) is 35.0 Å². The predicted molar refractivity (Wildman–Crippen MR) is 88.1 cm³/mol. The molecule has 10 nitrogen and oxygen atoms in total. The van der Waals surface area contributed by atoms with E-state index in [0.29, 0.717) is 22.4 Å². The van der Waals surface area contributed by atoms with Crippen LogP contribution in [0.3, 0.4) is 0 Å². The molecule has 2 aromatic rings. The third-order valence-corrected chi connectivity index (χ3v) is 5.70. The molecular formula is C14H16N6O4S. The maximum Gasteiger partial charge on any atom is 0.258 e. The highest BCUT2D eigenvalue weighted by atomic mass is 32.2. The molecular weight excluding hydrogens is 348 g/mol. The van der Waals surface area contributed by atoms with Crippen LogP contribution in [0.5, 0.6) is 0 Å². The zero-order valence-corrected chi connectivity index (χ0v) is 14.7. The maximum atomic E-state index is 12.6. The highest BCUT2D eigenvalue weighted by Crippen LogP contribution is 2.30. The lowest BCUT2D eigenvalue weighted by molar-refractivity contribution is 0.102. The van der Waals surface area contributed by atoms with Crippen molar-refractivity contribution in [1.29, 1.82) is 0 Å². The van der Waals surface area contributed by atoms with Gasteiger partial charge in [-0.15, -0.1) is 0 Å². The highest BCUT2D eigenvalue weighted by molar-refractivity contribution is 7.91. The van der Waals surface area contributed by atoms with Crippen molar-refractivity contribution in [2.75, 3.05) is 18.2 Å². The number of carbonyl (C=O) groups excluding carboxylic acids is 1. The number of aryl methyl sites for hydroxylation is 1. The third-order valence-electron chi connectivity index (χ3n) is 3.95. The second-order valence-corrected chi connectivity index (χ2v) is 7.56. The molecule has 1 aliphatic heterocycles. The SMILES string of the molecule is CO/N=C1/CCS(=O)(=O)c2ccc(C(=O)Nc3nnnn3C)c(C)c21. The first-order valence-corrected chi connectivity index (χ1v) is 9.01. The normalized spacial score (nSPS) is 17.2. The number of benzene rings is 1. The Hall–Kier alpha value is -2.82. The summed E-state index contributed by atoms with van der Waals surface area (Å²) in [4.78, 5) is 17.5. The van der Waals surface area contributed by atoms with Gasteiger partial charge in [0.05, 0.1) is 16.4 Å². The highest BCUT2D eigenvalue weighted by Gasteiger charge is 2.31. The third kappa shape index (κ3) is 2.97. The van der Waals surface area contributed by atoms with Crippen molar-refractivity contribution >= 4 is 27.4 Å². The summed E-state index contributed by atoms with van der Waals surface area (Å²) >= 11 is 0. The summed E-state index contributed by atoms with van der Waals surface area (Å²) in [5.74, 6) is -0.309. The molecule has 1 aromatic carbocycles. The fraction of sp³-hybridized carbons (Fsp3) is 0.357. The van der Waals surface area contributed by atoms with Gasteiger partial charge in [0.2, 0.25) is 5.95 Å². The van der Waals surface area contributed by atoms with E-state index < -0.39 is 15.7 Å². The molecule has 0 fully saturated rings. The zero-order chi connectivity index (χ0) is 18.2. The van der Waals surface area contributed by atoms with E-state index in [1.807, 2.05) is 0 Å². The molecule has 0 saturated heterocycles. The summed E-state index contributed by atoms with van der Waals surface area (Å²) < 4.78 is 26.0. The molecule has 1 N–H and O–H groups in total. The largest absolute Gasteiger partial charge is 0.399 e. The molecule has 3 rings (SSSR count). The molecule has 0 aliphatic carbocycles. The average molecular weight is 364 g/mol. The molecule has 1 aromatic heterocycles. The first kappa shape index (κ1) is 17.0. The van der Waals surface area contributed by atoms with Gasteiger partial charge >= 0.3 is 0 Å². The summed E-state index contributed by atoms with van der Waals surface area (Å²) in [5, 5.41) is 17.3. The minimum atomic E-state index is -3.42. The van der Waals surface area contributed by atoms with Crippen LogP contribution in [-0.4, -0.2) is 53.1 Å². The molecule has 11 heteroatoms. The lowest BCUT2D eigenvalue weighted by Crippen LogP contribution is -2.25. The number of amides is 1. The van der Waals surface area contributed by atoms with Gasteiger partial charge in [0.25, 0.3) is 5.91 Å². The smallest absolute Gasteiger partial charge is 0.258 e. The number of nitrogens with one attached hydrogen (secondary N) is 1. The number of fused-ring (bicyclic) bond motifs is 1. The van der Waals surface area contributed by atoms with Crippen LogP contribution in [0.4, 0.5) is 5.95 Å². The summed E-state index contributed by atoms with van der Waals surface area (Å²) in [5.41, 5.74) is 1.73. The number of tetrazole rings is 1. The van der Waals surface area contributed by atoms with Crippen LogP contribution in [0, 0.1) is 6.92 Å². The van der Waals surface area contributed by atoms with E-state index in [9.17, 15) is 13.2 Å². The number of aromatic nitrogens is 4. The molecule has 25 heavy (non-hydrogen) atoms. The quantitative estimate of drug-likeness (QED) is 0.776. The van der Waals surface area contributed by atoms with Crippen molar-refractivity contribution in [3.8, 4) is 0 Å². The Balaban J connectivity index is 2.09. The van der Waals surface area contributed by atoms with E-state index in [-0.39, 0.29) is 23.0 Å². The monoisotopic (exact) mass is 364 g/mol. The Kier molecular flexibility index (Phi) is 4.25. The Bertz CT molecular complexity index is 979. The number of oxime groups is 1. The van der Waals surface area contributed by atoms with Crippen molar-refractivity contribution in [3.05, 3.63) is 28.8 Å². The Morgan fingerprint density at radius 1 is 1.40 bits per heavy atom. The number of rotatable bonds is 3. The van der Waals surface area contributed by atoms with Crippen molar-refractivity contribution in [1.82, 2.24) is 20.2 Å². The molecule has 0 unspecified atom stereocenters. The van der Waals surface area contributed by atoms with E-state index in [4.69, 9.17) is 4.84 Å². The predicted octanol–water partition coefficient (Wildman–Crippen LogP) is 0.299. The van der Waals surface area contributed by atoms with Crippen molar-refractivity contribution in [3.63, 3.8) is 0 Å². The Morgan fingerprint density at radius 2 is 2.16 bits per heavy atom. The van der Waals surface area contributed by atoms with Gasteiger partial charge in [0, 0.05) is 24.6 Å². The van der Waals surface area contributed by atoms with E-state index in [1.54, 1.807) is 14.0 Å². The lowest BCUT2D eigenvalue weighted by atomic mass is 9.96. The van der Waals surface area contributed by atoms with E-state index >= 15 is 0 Å². The van der Waals surface area contributed by atoms with Crippen LogP contribution in [0.25, 0.3) is 0 Å².